The maximum absolute atomic E-state index is 12.6. The number of amides is 2. The summed E-state index contributed by atoms with van der Waals surface area (Å²) in [7, 11) is -0.867. The summed E-state index contributed by atoms with van der Waals surface area (Å²) >= 11 is 0. The Balaban J connectivity index is 0.000000140. The summed E-state index contributed by atoms with van der Waals surface area (Å²) in [5.74, 6) is 3.79. The molecule has 102 heavy (non-hydrogen) atoms. The number of carbonyl (C=O) groups is 2. The van der Waals surface area contributed by atoms with Crippen molar-refractivity contribution in [1.82, 2.24) is 44.3 Å². The van der Waals surface area contributed by atoms with E-state index in [1.54, 1.807) is 20.1 Å². The van der Waals surface area contributed by atoms with E-state index in [1.165, 1.54) is 59.5 Å². The molecule has 5 aromatic heterocycles. The van der Waals surface area contributed by atoms with Gasteiger partial charge in [-0.25, -0.2) is 26.5 Å². The third-order valence-electron chi connectivity index (χ3n) is 20.4. The summed E-state index contributed by atoms with van der Waals surface area (Å²) in [5, 5.41) is 13.6. The lowest BCUT2D eigenvalue weighted by Gasteiger charge is -2.36. The van der Waals surface area contributed by atoms with E-state index in [9.17, 15) is 26.4 Å². The first-order valence-electron chi connectivity index (χ1n) is 35.6. The Labute approximate surface area is 599 Å². The number of methoxy groups -OCH3 is 1. The summed E-state index contributed by atoms with van der Waals surface area (Å²) in [4.78, 5) is 52.9. The topological polar surface area (TPSA) is 301 Å². The van der Waals surface area contributed by atoms with Crippen molar-refractivity contribution in [3.63, 3.8) is 0 Å². The number of primary amides is 1. The molecule has 4 aliphatic rings. The minimum absolute atomic E-state index is 0.00849. The number of anilines is 2. The minimum atomic E-state index is -3.16. The van der Waals surface area contributed by atoms with Crippen LogP contribution in [0.2, 0.25) is 0 Å². The van der Waals surface area contributed by atoms with Gasteiger partial charge in [0.1, 0.15) is 5.75 Å². The highest BCUT2D eigenvalue weighted by atomic mass is 32.2. The molecule has 8 heterocycles. The number of piperazine rings is 2. The molecule has 0 radical (unpaired) electrons. The van der Waals surface area contributed by atoms with Crippen LogP contribution >= 0.6 is 0 Å². The molecule has 0 spiro atoms. The fourth-order valence-corrected chi connectivity index (χ4v) is 15.8. The van der Waals surface area contributed by atoms with Gasteiger partial charge in [-0.1, -0.05) is 26.0 Å². The van der Waals surface area contributed by atoms with Crippen molar-refractivity contribution in [2.24, 2.45) is 17.4 Å². The highest BCUT2D eigenvalue weighted by Gasteiger charge is 2.26. The van der Waals surface area contributed by atoms with Gasteiger partial charge in [0, 0.05) is 143 Å². The molecule has 0 saturated carbocycles. The normalized spacial score (nSPS) is 16.2. The van der Waals surface area contributed by atoms with Gasteiger partial charge >= 0.3 is 0 Å². The molecule has 22 nitrogen and oxygen atoms in total. The number of ether oxygens (including phenoxy) is 2. The molecule has 540 valence electrons. The number of sulfonamides is 1. The number of fused-ring (bicyclic) bond motifs is 6. The lowest BCUT2D eigenvalue weighted by molar-refractivity contribution is -0.133. The SMILES string of the molecule is CCS(=O)(=O)Cc1ccc2[nH]cc(CCCN3CCN(c4ncccc4OC)CC3)c2c1.CNS(=O)(=O)CCc1ccc2[nH]cc(C3CCN(C)CC3)c2c1.C[C@@H]1CCc2[nH]c3ccc(C(N)=O)cc3c2C1.N#Cc1ccc(N2CCN(C(=O)COc3ccc4[nH]cc(CCN)c4c3)CC2)cc1. The summed E-state index contributed by atoms with van der Waals surface area (Å²) in [6, 6.07) is 37.2. The number of nitrogens with zero attached hydrogens (tertiary/aromatic N) is 7. The highest BCUT2D eigenvalue weighted by Crippen LogP contribution is 2.35. The van der Waals surface area contributed by atoms with Gasteiger partial charge in [0.15, 0.2) is 28.0 Å². The molecule has 10 aromatic rings. The summed E-state index contributed by atoms with van der Waals surface area (Å²) < 4.78 is 60.8. The predicted octanol–water partition coefficient (Wildman–Crippen LogP) is 9.99. The number of nitriles is 1. The lowest BCUT2D eigenvalue weighted by atomic mass is 9.87. The first-order chi connectivity index (χ1) is 49.3. The van der Waals surface area contributed by atoms with E-state index >= 15 is 0 Å². The van der Waals surface area contributed by atoms with Crippen LogP contribution in [0.4, 0.5) is 11.5 Å². The van der Waals surface area contributed by atoms with Crippen molar-refractivity contribution in [2.75, 3.05) is 128 Å². The third-order valence-corrected chi connectivity index (χ3v) is 23.4. The molecule has 3 fully saturated rings. The lowest BCUT2D eigenvalue weighted by Crippen LogP contribution is -2.50. The number of aryl methyl sites for hydroxylation is 3. The van der Waals surface area contributed by atoms with E-state index in [4.69, 9.17) is 26.2 Å². The maximum atomic E-state index is 12.6. The smallest absolute Gasteiger partial charge is 0.260 e. The number of hydrogen-bond acceptors (Lipinski definition) is 15. The van der Waals surface area contributed by atoms with Crippen LogP contribution in [-0.2, 0) is 62.5 Å². The first-order valence-corrected chi connectivity index (χ1v) is 39.1. The Morgan fingerprint density at radius 3 is 2.07 bits per heavy atom. The van der Waals surface area contributed by atoms with Crippen LogP contribution in [0.15, 0.2) is 134 Å². The van der Waals surface area contributed by atoms with Crippen molar-refractivity contribution in [1.29, 1.82) is 5.26 Å². The summed E-state index contributed by atoms with van der Waals surface area (Å²) in [5.41, 5.74) is 26.1. The van der Waals surface area contributed by atoms with Gasteiger partial charge in [0.05, 0.1) is 30.2 Å². The second kappa shape index (κ2) is 34.2. The third kappa shape index (κ3) is 18.9. The second-order valence-electron chi connectivity index (χ2n) is 27.2. The van der Waals surface area contributed by atoms with Gasteiger partial charge in [-0.15, -0.1) is 0 Å². The van der Waals surface area contributed by atoms with E-state index in [2.05, 4.69) is 93.8 Å². The number of likely N-dealkylation sites (tertiary alicyclic amines) is 1. The number of carbonyl (C=O) groups excluding carboxylic acids is 2. The van der Waals surface area contributed by atoms with Crippen LogP contribution in [0.3, 0.4) is 0 Å². The zero-order valence-electron chi connectivity index (χ0n) is 59.4. The molecule has 0 bridgehead atoms. The number of nitrogens with one attached hydrogen (secondary N) is 5. The van der Waals surface area contributed by atoms with E-state index in [0.717, 1.165) is 164 Å². The van der Waals surface area contributed by atoms with Crippen LogP contribution < -0.4 is 35.5 Å². The number of sulfone groups is 1. The first kappa shape index (κ1) is 74.0. The molecule has 14 rings (SSSR count). The molecule has 3 aliphatic heterocycles. The van der Waals surface area contributed by atoms with Crippen LogP contribution in [0.1, 0.15) is 100 Å². The average Bonchev–Trinajstić information content (AvgIpc) is 1.61. The van der Waals surface area contributed by atoms with Gasteiger partial charge in [-0.2, -0.15) is 5.26 Å². The van der Waals surface area contributed by atoms with Crippen LogP contribution in [0, 0.1) is 17.2 Å². The molecule has 0 unspecified atom stereocenters. The van der Waals surface area contributed by atoms with E-state index in [1.807, 2.05) is 108 Å². The van der Waals surface area contributed by atoms with Gasteiger partial charge < -0.3 is 60.5 Å². The monoisotopic (exact) mass is 1420 g/mol. The zero-order chi connectivity index (χ0) is 71.9. The predicted molar refractivity (Wildman–Crippen MR) is 408 cm³/mol. The number of aromatic amines is 4. The Hall–Kier alpha value is -9.22. The Morgan fingerprint density at radius 1 is 0.725 bits per heavy atom. The Kier molecular flexibility index (Phi) is 24.8. The van der Waals surface area contributed by atoms with Crippen molar-refractivity contribution in [3.8, 4) is 17.6 Å². The number of nitrogens with two attached hydrogens (primary N) is 2. The van der Waals surface area contributed by atoms with Gasteiger partial charge in [-0.05, 0) is 240 Å². The number of benzene rings is 5. The van der Waals surface area contributed by atoms with Crippen molar-refractivity contribution in [3.05, 3.63) is 184 Å². The van der Waals surface area contributed by atoms with Crippen LogP contribution in [-0.4, -0.2) is 186 Å². The van der Waals surface area contributed by atoms with Gasteiger partial charge in [0.25, 0.3) is 5.91 Å². The molecule has 5 aromatic carbocycles. The summed E-state index contributed by atoms with van der Waals surface area (Å²) in [6.45, 7) is 14.6. The van der Waals surface area contributed by atoms with Gasteiger partial charge in [-0.3, -0.25) is 14.5 Å². The van der Waals surface area contributed by atoms with Crippen molar-refractivity contribution >= 4 is 86.8 Å². The second-order valence-corrected chi connectivity index (χ2v) is 31.6. The average molecular weight is 1420 g/mol. The number of piperidine rings is 1. The molecule has 2 amide bonds. The minimum Gasteiger partial charge on any atom is -0.493 e. The molecule has 1 aliphatic carbocycles. The molecular weight excluding hydrogens is 1330 g/mol. The number of aromatic nitrogens is 5. The summed E-state index contributed by atoms with van der Waals surface area (Å²) in [6.07, 6.45) is 17.2. The zero-order valence-corrected chi connectivity index (χ0v) is 61.0. The fourth-order valence-electron chi connectivity index (χ4n) is 14.2. The number of hydrogen-bond donors (Lipinski definition) is 7. The number of rotatable bonds is 21. The van der Waals surface area contributed by atoms with Crippen LogP contribution in [0.25, 0.3) is 43.6 Å². The fraction of sp³-hybridized carbons (Fsp3) is 0.410. The number of H-pyrrole nitrogens is 4. The standard InChI is InChI=1S/C24H32N4O3S.C23H25N5O2.C17H25N3O2S.C14H16N2O/c1-3-32(29,30)18-19-8-9-22-21(16-19)20(17-26-22)6-5-11-27-12-14-28(15-13-27)24-23(31-2)7-4-10-25-24;24-8-7-18-15-26-22-6-5-20(13-21(18)22)30-16-23(29)28-11-9-27(10-12-28)19-3-1-17(14-25)2-4-19;1-18-23(21,22)10-7-13-3-4-17-15(11-13)16(12-19-17)14-5-8-20(2)9-6-14;1-8-2-4-12-10(6-8)11-7-9(14(15)17)3-5-13(11)16-12/h4,7-10,16-17,26H,3,5-6,11-15,18H2,1-2H3;1-6,13,15,26H,7-12,16,24H2;3-4,11-12,14,18-19H,5-10H2,1-2H3;3,5,7-8,16H,2,4,6H2,1H3,(H2,15,17)/t;;;8-/m...1/s1. The molecule has 1 atom stereocenters. The van der Waals surface area contributed by atoms with E-state index in [0.29, 0.717) is 48.8 Å². The van der Waals surface area contributed by atoms with E-state index < -0.39 is 19.9 Å². The number of pyridine rings is 1. The maximum Gasteiger partial charge on any atom is 0.260 e. The van der Waals surface area contributed by atoms with Crippen molar-refractivity contribution < 1.29 is 35.9 Å². The molecule has 24 heteroatoms. The largest absolute Gasteiger partial charge is 0.493 e. The highest BCUT2D eigenvalue weighted by molar-refractivity contribution is 7.90. The van der Waals surface area contributed by atoms with Crippen molar-refractivity contribution in [2.45, 2.75) is 83.3 Å². The Bertz CT molecular complexity index is 4760. The van der Waals surface area contributed by atoms with Crippen LogP contribution in [0.5, 0.6) is 11.5 Å². The molecular formula is C78H98N14O8S2. The Morgan fingerprint density at radius 2 is 1.38 bits per heavy atom. The molecule has 3 saturated heterocycles. The molecule has 9 N–H and O–H groups in total. The van der Waals surface area contributed by atoms with Gasteiger partial charge in [0.2, 0.25) is 15.9 Å². The quantitative estimate of drug-likeness (QED) is 0.0352. The van der Waals surface area contributed by atoms with E-state index in [-0.39, 0.29) is 35.7 Å².